The predicted octanol–water partition coefficient (Wildman–Crippen LogP) is 5.19. The molecule has 3 aromatic carbocycles. The summed E-state index contributed by atoms with van der Waals surface area (Å²) in [7, 11) is 1.61. The fraction of sp³-hybridized carbons (Fsp3) is 0.286. The fourth-order valence-electron chi connectivity index (χ4n) is 3.89. The van der Waals surface area contributed by atoms with Gasteiger partial charge in [-0.3, -0.25) is 4.79 Å². The van der Waals surface area contributed by atoms with E-state index in [-0.39, 0.29) is 5.91 Å². The second-order valence-corrected chi connectivity index (χ2v) is 8.27. The quantitative estimate of drug-likeness (QED) is 0.315. The number of hydrogen-bond donors (Lipinski definition) is 1. The minimum atomic E-state index is -0.0985. The number of carbonyl (C=O) groups excluding carboxylic acids is 1. The lowest BCUT2D eigenvalue weighted by molar-refractivity contribution is 0.0954. The van der Waals surface area contributed by atoms with E-state index >= 15 is 0 Å². The molecular weight excluding hydrogens is 426 g/mol. The van der Waals surface area contributed by atoms with E-state index in [4.69, 9.17) is 14.5 Å². The molecule has 0 spiro atoms. The Hall–Kier alpha value is -3.80. The minimum absolute atomic E-state index is 0.0985. The molecule has 0 aliphatic rings. The molecule has 4 rings (SSSR count). The van der Waals surface area contributed by atoms with E-state index in [0.717, 1.165) is 47.7 Å². The van der Waals surface area contributed by atoms with Gasteiger partial charge in [0.15, 0.2) is 0 Å². The van der Waals surface area contributed by atoms with Crippen LogP contribution in [-0.4, -0.2) is 35.7 Å². The molecule has 0 saturated heterocycles. The molecule has 0 unspecified atom stereocenters. The molecule has 1 amide bonds. The van der Waals surface area contributed by atoms with Crippen molar-refractivity contribution in [2.24, 2.45) is 0 Å². The summed E-state index contributed by atoms with van der Waals surface area (Å²) in [6.07, 6.45) is 2.60. The summed E-state index contributed by atoms with van der Waals surface area (Å²) in [5.74, 6) is 2.52. The number of hydrogen-bond acceptors (Lipinski definition) is 4. The lowest BCUT2D eigenvalue weighted by Gasteiger charge is -2.11. The molecule has 1 aromatic heterocycles. The van der Waals surface area contributed by atoms with Crippen LogP contribution in [0, 0.1) is 6.92 Å². The highest BCUT2D eigenvalue weighted by Crippen LogP contribution is 2.18. The van der Waals surface area contributed by atoms with Gasteiger partial charge in [-0.15, -0.1) is 0 Å². The van der Waals surface area contributed by atoms with Crippen LogP contribution in [0.25, 0.3) is 11.0 Å². The van der Waals surface area contributed by atoms with Gasteiger partial charge >= 0.3 is 0 Å². The van der Waals surface area contributed by atoms with Crippen molar-refractivity contribution in [1.82, 2.24) is 14.9 Å². The summed E-state index contributed by atoms with van der Waals surface area (Å²) in [6.45, 7) is 4.13. The second-order valence-electron chi connectivity index (χ2n) is 8.27. The van der Waals surface area contributed by atoms with E-state index in [2.05, 4.69) is 35.0 Å². The summed E-state index contributed by atoms with van der Waals surface area (Å²) in [6, 6.07) is 23.4. The molecule has 0 aliphatic carbocycles. The highest BCUT2D eigenvalue weighted by Gasteiger charge is 2.11. The number of carbonyl (C=O) groups is 1. The number of imidazole rings is 1. The number of benzene rings is 3. The molecule has 1 heterocycles. The molecule has 0 fully saturated rings. The molecule has 0 atom stereocenters. The maximum absolute atomic E-state index is 12.5. The first-order valence-corrected chi connectivity index (χ1v) is 11.7. The standard InChI is InChI=1S/C28H31N3O3/c1-21-9-13-24(14-10-21)34-20-6-5-19-31-26-8-4-3-7-25(26)30-27(31)17-18-29-28(32)22-11-15-23(33-2)16-12-22/h3-4,7-16H,5-6,17-20H2,1-2H3,(H,29,32). The minimum Gasteiger partial charge on any atom is -0.497 e. The average molecular weight is 458 g/mol. The Morgan fingerprint density at radius 2 is 1.68 bits per heavy atom. The molecule has 0 radical (unpaired) electrons. The van der Waals surface area contributed by atoms with Crippen molar-refractivity contribution in [2.75, 3.05) is 20.3 Å². The van der Waals surface area contributed by atoms with Gasteiger partial charge in [0.05, 0.1) is 24.8 Å². The molecule has 0 bridgehead atoms. The third-order valence-corrected chi connectivity index (χ3v) is 5.79. The zero-order valence-electron chi connectivity index (χ0n) is 19.8. The Kier molecular flexibility index (Phi) is 7.81. The number of aryl methyl sites for hydroxylation is 2. The van der Waals surface area contributed by atoms with Crippen molar-refractivity contribution in [1.29, 1.82) is 0 Å². The van der Waals surface area contributed by atoms with Crippen molar-refractivity contribution < 1.29 is 14.3 Å². The zero-order chi connectivity index (χ0) is 23.8. The molecule has 6 heteroatoms. The first kappa shape index (κ1) is 23.4. The van der Waals surface area contributed by atoms with Gasteiger partial charge in [0.2, 0.25) is 0 Å². The van der Waals surface area contributed by atoms with Crippen molar-refractivity contribution in [2.45, 2.75) is 32.7 Å². The van der Waals surface area contributed by atoms with Crippen LogP contribution in [-0.2, 0) is 13.0 Å². The molecule has 176 valence electrons. The summed E-state index contributed by atoms with van der Waals surface area (Å²) < 4.78 is 13.3. The normalized spacial score (nSPS) is 10.9. The predicted molar refractivity (Wildman–Crippen MR) is 135 cm³/mol. The summed E-state index contributed by atoms with van der Waals surface area (Å²) in [4.78, 5) is 17.3. The number of aromatic nitrogens is 2. The number of methoxy groups -OCH3 is 1. The number of nitrogens with zero attached hydrogens (tertiary/aromatic N) is 2. The Balaban J connectivity index is 1.32. The van der Waals surface area contributed by atoms with Gasteiger partial charge in [0.25, 0.3) is 5.91 Å². The van der Waals surface area contributed by atoms with Gasteiger partial charge in [-0.1, -0.05) is 29.8 Å². The first-order valence-electron chi connectivity index (χ1n) is 11.7. The monoisotopic (exact) mass is 457 g/mol. The highest BCUT2D eigenvalue weighted by atomic mass is 16.5. The van der Waals surface area contributed by atoms with Crippen LogP contribution >= 0.6 is 0 Å². The molecule has 0 saturated carbocycles. The molecule has 1 N–H and O–H groups in total. The molecular formula is C28H31N3O3. The number of para-hydroxylation sites is 2. The van der Waals surface area contributed by atoms with Gasteiger partial charge in [-0.05, 0) is 68.3 Å². The van der Waals surface area contributed by atoms with Crippen LogP contribution in [0.5, 0.6) is 11.5 Å². The molecule has 34 heavy (non-hydrogen) atoms. The summed E-state index contributed by atoms with van der Waals surface area (Å²) in [5.41, 5.74) is 3.95. The van der Waals surface area contributed by atoms with Crippen molar-refractivity contribution in [3.63, 3.8) is 0 Å². The Labute approximate surface area is 200 Å². The largest absolute Gasteiger partial charge is 0.497 e. The Morgan fingerprint density at radius 1 is 0.941 bits per heavy atom. The zero-order valence-corrected chi connectivity index (χ0v) is 19.8. The number of amides is 1. The smallest absolute Gasteiger partial charge is 0.251 e. The average Bonchev–Trinajstić information content (AvgIpc) is 3.22. The van der Waals surface area contributed by atoms with Crippen LogP contribution < -0.4 is 14.8 Å². The lowest BCUT2D eigenvalue weighted by Crippen LogP contribution is -2.26. The van der Waals surface area contributed by atoms with E-state index in [1.807, 2.05) is 30.3 Å². The number of ether oxygens (including phenoxy) is 2. The lowest BCUT2D eigenvalue weighted by atomic mass is 10.2. The van der Waals surface area contributed by atoms with Crippen LogP contribution in [0.2, 0.25) is 0 Å². The number of fused-ring (bicyclic) bond motifs is 1. The highest BCUT2D eigenvalue weighted by molar-refractivity contribution is 5.94. The van der Waals surface area contributed by atoms with Gasteiger partial charge in [0.1, 0.15) is 17.3 Å². The molecule has 6 nitrogen and oxygen atoms in total. The second kappa shape index (κ2) is 11.4. The Bertz CT molecular complexity index is 1210. The SMILES string of the molecule is COc1ccc(C(=O)NCCc2nc3ccccc3n2CCCCOc2ccc(C)cc2)cc1. The fourth-order valence-corrected chi connectivity index (χ4v) is 3.89. The summed E-state index contributed by atoms with van der Waals surface area (Å²) >= 11 is 0. The van der Waals surface area contributed by atoms with Crippen molar-refractivity contribution in [3.05, 3.63) is 89.7 Å². The van der Waals surface area contributed by atoms with Crippen LogP contribution in [0.4, 0.5) is 0 Å². The van der Waals surface area contributed by atoms with Crippen molar-refractivity contribution in [3.8, 4) is 11.5 Å². The van der Waals surface area contributed by atoms with Gasteiger partial charge < -0.3 is 19.4 Å². The third kappa shape index (κ3) is 5.95. The summed E-state index contributed by atoms with van der Waals surface area (Å²) in [5, 5.41) is 3.00. The van der Waals surface area contributed by atoms with E-state index in [1.165, 1.54) is 5.56 Å². The van der Waals surface area contributed by atoms with E-state index < -0.39 is 0 Å². The Morgan fingerprint density at radius 3 is 2.44 bits per heavy atom. The van der Waals surface area contributed by atoms with E-state index in [9.17, 15) is 4.79 Å². The van der Waals surface area contributed by atoms with E-state index in [1.54, 1.807) is 31.4 Å². The van der Waals surface area contributed by atoms with Crippen LogP contribution in [0.1, 0.15) is 34.6 Å². The number of rotatable bonds is 11. The maximum atomic E-state index is 12.5. The van der Waals surface area contributed by atoms with Crippen LogP contribution in [0.15, 0.2) is 72.8 Å². The first-order chi connectivity index (χ1) is 16.6. The molecule has 0 aliphatic heterocycles. The van der Waals surface area contributed by atoms with Gasteiger partial charge in [-0.25, -0.2) is 4.98 Å². The number of nitrogens with one attached hydrogen (secondary N) is 1. The van der Waals surface area contributed by atoms with Gasteiger partial charge in [-0.2, -0.15) is 0 Å². The van der Waals surface area contributed by atoms with Gasteiger partial charge in [0, 0.05) is 25.1 Å². The number of unbranched alkanes of at least 4 members (excludes halogenated alkanes) is 1. The third-order valence-electron chi connectivity index (χ3n) is 5.79. The van der Waals surface area contributed by atoms with E-state index in [0.29, 0.717) is 25.1 Å². The van der Waals surface area contributed by atoms with Crippen molar-refractivity contribution >= 4 is 16.9 Å². The topological polar surface area (TPSA) is 65.4 Å². The maximum Gasteiger partial charge on any atom is 0.251 e. The van der Waals surface area contributed by atoms with Crippen LogP contribution in [0.3, 0.4) is 0 Å². The molecule has 4 aromatic rings.